The SMILES string of the molecule is CN(C)Cc1c(F)ccc(N2CCN(S(=O)(=O)c3ccc4c(c3)/C(=N\O)c3cc(S(=O)(=O)C5CCC(C)(C)CC5)ccc3-4)CC2)c1F. The average molecular weight is 687 g/mol. The Morgan fingerprint density at radius 2 is 1.43 bits per heavy atom. The summed E-state index contributed by atoms with van der Waals surface area (Å²) in [5.74, 6) is -1.28. The molecule has 13 heteroatoms. The standard InChI is InChI=1S/C34H40F2N4O5S2/c1-34(2)13-11-22(12-14-34)46(42,43)23-5-7-25-26-8-6-24(20-28(26)33(37-41)27(25)19-23)47(44,45)40-17-15-39(16-18-40)31-10-9-30(35)29(32(31)36)21-38(3)4/h5-10,19-20,22,41H,11-18,21H2,1-4H3/b37-33-. The summed E-state index contributed by atoms with van der Waals surface area (Å²) in [6, 6.07) is 12.0. The Labute approximate surface area is 275 Å². The van der Waals surface area contributed by atoms with Crippen LogP contribution in [0, 0.1) is 17.0 Å². The first-order valence-electron chi connectivity index (χ1n) is 15.8. The van der Waals surface area contributed by atoms with Crippen molar-refractivity contribution in [3.8, 4) is 11.1 Å². The van der Waals surface area contributed by atoms with E-state index in [1.165, 1.54) is 34.6 Å². The van der Waals surface area contributed by atoms with Gasteiger partial charge in [-0.2, -0.15) is 4.31 Å². The predicted molar refractivity (Wildman–Crippen MR) is 177 cm³/mol. The Morgan fingerprint density at radius 3 is 2.00 bits per heavy atom. The van der Waals surface area contributed by atoms with Gasteiger partial charge >= 0.3 is 0 Å². The van der Waals surface area contributed by atoms with Gasteiger partial charge < -0.3 is 15.0 Å². The number of nitrogens with zero attached hydrogens (tertiary/aromatic N) is 4. The molecule has 0 aromatic heterocycles. The van der Waals surface area contributed by atoms with Crippen LogP contribution >= 0.6 is 0 Å². The van der Waals surface area contributed by atoms with Crippen molar-refractivity contribution in [3.63, 3.8) is 0 Å². The van der Waals surface area contributed by atoms with Gasteiger partial charge in [-0.05, 0) is 92.7 Å². The van der Waals surface area contributed by atoms with E-state index in [4.69, 9.17) is 0 Å². The van der Waals surface area contributed by atoms with Crippen molar-refractivity contribution in [3.05, 3.63) is 76.9 Å². The zero-order valence-corrected chi connectivity index (χ0v) is 28.6. The highest BCUT2D eigenvalue weighted by atomic mass is 32.2. The summed E-state index contributed by atoms with van der Waals surface area (Å²) in [7, 11) is -4.16. The molecule has 0 bridgehead atoms. The van der Waals surface area contributed by atoms with Crippen LogP contribution in [0.4, 0.5) is 14.5 Å². The van der Waals surface area contributed by atoms with Crippen LogP contribution in [-0.2, 0) is 26.4 Å². The lowest BCUT2D eigenvalue weighted by Crippen LogP contribution is -2.49. The number of anilines is 1. The van der Waals surface area contributed by atoms with Crippen molar-refractivity contribution in [1.29, 1.82) is 0 Å². The van der Waals surface area contributed by atoms with Crippen LogP contribution in [0.3, 0.4) is 0 Å². The van der Waals surface area contributed by atoms with Gasteiger partial charge in [0.2, 0.25) is 10.0 Å². The molecule has 0 amide bonds. The number of sulfonamides is 1. The van der Waals surface area contributed by atoms with E-state index in [1.54, 1.807) is 42.1 Å². The molecule has 47 heavy (non-hydrogen) atoms. The normalized spacial score (nSPS) is 19.7. The van der Waals surface area contributed by atoms with Crippen LogP contribution in [0.5, 0.6) is 0 Å². The smallest absolute Gasteiger partial charge is 0.243 e. The molecule has 2 aliphatic carbocycles. The monoisotopic (exact) mass is 686 g/mol. The molecule has 0 radical (unpaired) electrons. The lowest BCUT2D eigenvalue weighted by molar-refractivity contribution is 0.246. The van der Waals surface area contributed by atoms with Gasteiger partial charge in [-0.3, -0.25) is 0 Å². The molecule has 0 spiro atoms. The third-order valence-corrected chi connectivity index (χ3v) is 13.9. The van der Waals surface area contributed by atoms with Gasteiger partial charge in [-0.15, -0.1) is 0 Å². The molecule has 9 nitrogen and oxygen atoms in total. The topological polar surface area (TPSA) is 111 Å². The number of sulfone groups is 1. The van der Waals surface area contributed by atoms with E-state index in [9.17, 15) is 26.4 Å². The van der Waals surface area contributed by atoms with Crippen LogP contribution in [0.1, 0.15) is 56.2 Å². The Bertz CT molecular complexity index is 1960. The van der Waals surface area contributed by atoms with Crippen LogP contribution in [-0.4, -0.2) is 82.5 Å². The minimum absolute atomic E-state index is 0.00227. The van der Waals surface area contributed by atoms with Crippen LogP contribution < -0.4 is 4.90 Å². The Kier molecular flexibility index (Phi) is 8.73. The van der Waals surface area contributed by atoms with E-state index in [-0.39, 0.29) is 64.9 Å². The highest BCUT2D eigenvalue weighted by molar-refractivity contribution is 7.92. The van der Waals surface area contributed by atoms with Crippen molar-refractivity contribution in [1.82, 2.24) is 9.21 Å². The van der Waals surface area contributed by atoms with Crippen molar-refractivity contribution >= 4 is 31.3 Å². The molecule has 1 saturated carbocycles. The van der Waals surface area contributed by atoms with Gasteiger partial charge in [-0.1, -0.05) is 31.1 Å². The predicted octanol–water partition coefficient (Wildman–Crippen LogP) is 5.49. The summed E-state index contributed by atoms with van der Waals surface area (Å²) in [6.45, 7) is 4.98. The fraction of sp³-hybridized carbons (Fsp3) is 0.441. The molecular formula is C34H40F2N4O5S2. The fourth-order valence-electron chi connectivity index (χ4n) is 6.98. The molecule has 0 unspecified atom stereocenters. The molecule has 3 aliphatic rings. The van der Waals surface area contributed by atoms with Gasteiger partial charge in [0.1, 0.15) is 11.5 Å². The first kappa shape index (κ1) is 33.5. The fourth-order valence-corrected chi connectivity index (χ4v) is 10.2. The molecule has 1 saturated heterocycles. The van der Waals surface area contributed by atoms with E-state index in [1.807, 2.05) is 0 Å². The van der Waals surface area contributed by atoms with Crippen molar-refractivity contribution in [2.24, 2.45) is 10.6 Å². The van der Waals surface area contributed by atoms with Crippen LogP contribution in [0.15, 0.2) is 63.5 Å². The second kappa shape index (κ2) is 12.2. The zero-order valence-electron chi connectivity index (χ0n) is 27.0. The second-order valence-electron chi connectivity index (χ2n) is 13.8. The van der Waals surface area contributed by atoms with Crippen molar-refractivity contribution in [2.75, 3.05) is 45.2 Å². The van der Waals surface area contributed by atoms with Gasteiger partial charge in [0, 0.05) is 49.4 Å². The first-order chi connectivity index (χ1) is 22.1. The molecule has 252 valence electrons. The number of hydrogen-bond donors (Lipinski definition) is 1. The zero-order chi connectivity index (χ0) is 33.9. The molecule has 6 rings (SSSR count). The quantitative estimate of drug-likeness (QED) is 0.202. The number of halogens is 2. The highest BCUT2D eigenvalue weighted by Gasteiger charge is 2.37. The first-order valence-corrected chi connectivity index (χ1v) is 18.7. The summed E-state index contributed by atoms with van der Waals surface area (Å²) < 4.78 is 85.7. The largest absolute Gasteiger partial charge is 0.410 e. The maximum absolute atomic E-state index is 15.3. The Morgan fingerprint density at radius 1 is 0.851 bits per heavy atom. The lowest BCUT2D eigenvalue weighted by Gasteiger charge is -2.36. The molecule has 3 aromatic carbocycles. The number of benzene rings is 3. The molecule has 1 aliphatic heterocycles. The van der Waals surface area contributed by atoms with Crippen LogP contribution in [0.2, 0.25) is 0 Å². The summed E-state index contributed by atoms with van der Waals surface area (Å²) in [6.07, 6.45) is 2.81. The maximum atomic E-state index is 15.3. The molecule has 1 N–H and O–H groups in total. The van der Waals surface area contributed by atoms with E-state index in [2.05, 4.69) is 19.0 Å². The third kappa shape index (κ3) is 6.07. The average Bonchev–Trinajstić information content (AvgIpc) is 3.35. The highest BCUT2D eigenvalue weighted by Crippen LogP contribution is 2.42. The van der Waals surface area contributed by atoms with Gasteiger partial charge in [0.15, 0.2) is 15.7 Å². The van der Waals surface area contributed by atoms with Crippen molar-refractivity contribution < 1.29 is 30.8 Å². The van der Waals surface area contributed by atoms with E-state index in [0.717, 1.165) is 12.8 Å². The summed E-state index contributed by atoms with van der Waals surface area (Å²) in [4.78, 5) is 3.55. The number of piperazine rings is 1. The van der Waals surface area contributed by atoms with Crippen molar-refractivity contribution in [2.45, 2.75) is 61.1 Å². The molecular weight excluding hydrogens is 647 g/mol. The lowest BCUT2D eigenvalue weighted by atomic mass is 9.77. The summed E-state index contributed by atoms with van der Waals surface area (Å²) in [5, 5.41) is 13.1. The van der Waals surface area contributed by atoms with E-state index >= 15 is 4.39 Å². The summed E-state index contributed by atoms with van der Waals surface area (Å²) in [5.41, 5.74) is 2.53. The maximum Gasteiger partial charge on any atom is 0.243 e. The molecule has 2 fully saturated rings. The second-order valence-corrected chi connectivity index (χ2v) is 17.9. The van der Waals surface area contributed by atoms with Crippen LogP contribution in [0.25, 0.3) is 11.1 Å². The number of fused-ring (bicyclic) bond motifs is 3. The minimum atomic E-state index is -3.99. The summed E-state index contributed by atoms with van der Waals surface area (Å²) >= 11 is 0. The Balaban J connectivity index is 1.22. The minimum Gasteiger partial charge on any atom is -0.410 e. The molecule has 0 atom stereocenters. The van der Waals surface area contributed by atoms with E-state index in [0.29, 0.717) is 35.1 Å². The third-order valence-electron chi connectivity index (χ3n) is 9.79. The molecule has 3 aromatic rings. The van der Waals surface area contributed by atoms with E-state index < -0.39 is 36.7 Å². The van der Waals surface area contributed by atoms with Gasteiger partial charge in [0.05, 0.1) is 20.7 Å². The van der Waals surface area contributed by atoms with Gasteiger partial charge in [-0.25, -0.2) is 25.6 Å². The van der Waals surface area contributed by atoms with Gasteiger partial charge in [0.25, 0.3) is 0 Å². The number of rotatable bonds is 7. The number of oxime groups is 1. The molecule has 1 heterocycles. The Hall–Kier alpha value is -3.39. The number of hydrogen-bond acceptors (Lipinski definition) is 8.